The Morgan fingerprint density at radius 3 is 1.93 bits per heavy atom. The van der Waals surface area contributed by atoms with Gasteiger partial charge in [0.25, 0.3) is 0 Å². The summed E-state index contributed by atoms with van der Waals surface area (Å²) >= 11 is 0. The molecule has 14 heavy (non-hydrogen) atoms. The van der Waals surface area contributed by atoms with Gasteiger partial charge in [0.1, 0.15) is 0 Å². The van der Waals surface area contributed by atoms with Gasteiger partial charge in [-0.2, -0.15) is 0 Å². The number of aliphatic hydroxyl groups is 2. The molecule has 2 atom stereocenters. The molecule has 2 unspecified atom stereocenters. The third-order valence-corrected chi connectivity index (χ3v) is 3.16. The van der Waals surface area contributed by atoms with Crippen LogP contribution in [-0.2, 0) is 0 Å². The summed E-state index contributed by atoms with van der Waals surface area (Å²) in [5.41, 5.74) is 0. The second kappa shape index (κ2) is 8.25. The number of hydrogen-bond donors (Lipinski definition) is 2. The molecule has 0 amide bonds. The van der Waals surface area contributed by atoms with Crippen molar-refractivity contribution in [1.82, 2.24) is 0 Å². The lowest BCUT2D eigenvalue weighted by Crippen LogP contribution is -2.18. The molecule has 0 fully saturated rings. The van der Waals surface area contributed by atoms with Gasteiger partial charge in [-0.05, 0) is 18.8 Å². The van der Waals surface area contributed by atoms with Crippen molar-refractivity contribution in [2.75, 3.05) is 0 Å². The number of rotatable bonds is 8. The van der Waals surface area contributed by atoms with Crippen LogP contribution in [0, 0.1) is 11.8 Å². The van der Waals surface area contributed by atoms with Crippen LogP contribution in [0.1, 0.15) is 59.3 Å². The smallest absolute Gasteiger partial charge is 0.154 e. The fraction of sp³-hybridized carbons (Fsp3) is 1.00. The topological polar surface area (TPSA) is 40.5 Å². The highest BCUT2D eigenvalue weighted by molar-refractivity contribution is 4.60. The Labute approximate surface area is 88.3 Å². The first-order valence-corrected chi connectivity index (χ1v) is 5.97. The summed E-state index contributed by atoms with van der Waals surface area (Å²) in [6.07, 6.45) is 5.56. The van der Waals surface area contributed by atoms with Crippen LogP contribution in [0.25, 0.3) is 0 Å². The molecule has 0 radical (unpaired) electrons. The SMILES string of the molecule is CCC(C)CCCCC(CC)C(O)O. The van der Waals surface area contributed by atoms with Crippen molar-refractivity contribution in [3.8, 4) is 0 Å². The lowest BCUT2D eigenvalue weighted by atomic mass is 9.95. The quantitative estimate of drug-likeness (QED) is 0.469. The van der Waals surface area contributed by atoms with Crippen molar-refractivity contribution in [3.63, 3.8) is 0 Å². The monoisotopic (exact) mass is 202 g/mol. The van der Waals surface area contributed by atoms with E-state index in [-0.39, 0.29) is 5.92 Å². The number of aliphatic hydroxyl groups excluding tert-OH is 1. The predicted octanol–water partition coefficient (Wildman–Crippen LogP) is 2.93. The van der Waals surface area contributed by atoms with Gasteiger partial charge < -0.3 is 10.2 Å². The Morgan fingerprint density at radius 2 is 1.50 bits per heavy atom. The summed E-state index contributed by atoms with van der Waals surface area (Å²) in [7, 11) is 0. The van der Waals surface area contributed by atoms with Crippen LogP contribution >= 0.6 is 0 Å². The van der Waals surface area contributed by atoms with Crippen LogP contribution in [-0.4, -0.2) is 16.5 Å². The lowest BCUT2D eigenvalue weighted by molar-refractivity contribution is -0.0872. The van der Waals surface area contributed by atoms with Gasteiger partial charge in [-0.25, -0.2) is 0 Å². The van der Waals surface area contributed by atoms with Gasteiger partial charge in [0.05, 0.1) is 0 Å². The van der Waals surface area contributed by atoms with Crippen LogP contribution in [0.15, 0.2) is 0 Å². The van der Waals surface area contributed by atoms with Gasteiger partial charge in [0.15, 0.2) is 6.29 Å². The third-order valence-electron chi connectivity index (χ3n) is 3.16. The molecule has 0 aliphatic rings. The Hall–Kier alpha value is -0.0800. The number of hydrogen-bond acceptors (Lipinski definition) is 2. The van der Waals surface area contributed by atoms with Crippen LogP contribution in [0.4, 0.5) is 0 Å². The molecule has 0 heterocycles. The maximum atomic E-state index is 9.02. The second-order valence-corrected chi connectivity index (χ2v) is 4.38. The van der Waals surface area contributed by atoms with E-state index in [9.17, 15) is 0 Å². The summed E-state index contributed by atoms with van der Waals surface area (Å²) < 4.78 is 0. The molecule has 0 spiro atoms. The fourth-order valence-electron chi connectivity index (χ4n) is 1.67. The van der Waals surface area contributed by atoms with Crippen LogP contribution < -0.4 is 0 Å². The molecular weight excluding hydrogens is 176 g/mol. The minimum absolute atomic E-state index is 0.0759. The largest absolute Gasteiger partial charge is 0.368 e. The summed E-state index contributed by atoms with van der Waals surface area (Å²) in [6, 6.07) is 0. The predicted molar refractivity (Wildman–Crippen MR) is 59.9 cm³/mol. The molecule has 2 N–H and O–H groups in total. The van der Waals surface area contributed by atoms with Gasteiger partial charge in [-0.3, -0.25) is 0 Å². The molecule has 0 aromatic rings. The van der Waals surface area contributed by atoms with E-state index in [1.165, 1.54) is 19.3 Å². The van der Waals surface area contributed by atoms with Crippen molar-refractivity contribution in [1.29, 1.82) is 0 Å². The van der Waals surface area contributed by atoms with Gasteiger partial charge in [0, 0.05) is 5.92 Å². The standard InChI is InChI=1S/C12H26O2/c1-4-10(3)8-6-7-9-11(5-2)12(13)14/h10-14H,4-9H2,1-3H3. The molecule has 0 rings (SSSR count). The van der Waals surface area contributed by atoms with Crippen molar-refractivity contribution in [2.24, 2.45) is 11.8 Å². The van der Waals surface area contributed by atoms with Crippen molar-refractivity contribution >= 4 is 0 Å². The van der Waals surface area contributed by atoms with E-state index in [0.29, 0.717) is 0 Å². The third kappa shape index (κ3) is 6.39. The van der Waals surface area contributed by atoms with E-state index in [4.69, 9.17) is 10.2 Å². The van der Waals surface area contributed by atoms with E-state index in [1.807, 2.05) is 6.92 Å². The summed E-state index contributed by atoms with van der Waals surface area (Å²) in [4.78, 5) is 0. The minimum atomic E-state index is -1.12. The first kappa shape index (κ1) is 13.9. The molecule has 0 aliphatic carbocycles. The highest BCUT2D eigenvalue weighted by Gasteiger charge is 2.13. The van der Waals surface area contributed by atoms with E-state index in [2.05, 4.69) is 13.8 Å². The molecule has 2 heteroatoms. The van der Waals surface area contributed by atoms with Crippen LogP contribution in [0.2, 0.25) is 0 Å². The molecule has 0 aromatic carbocycles. The first-order valence-electron chi connectivity index (χ1n) is 5.97. The van der Waals surface area contributed by atoms with E-state index in [1.54, 1.807) is 0 Å². The lowest BCUT2D eigenvalue weighted by Gasteiger charge is -2.16. The summed E-state index contributed by atoms with van der Waals surface area (Å²) in [5, 5.41) is 18.0. The maximum absolute atomic E-state index is 9.02. The van der Waals surface area contributed by atoms with Gasteiger partial charge >= 0.3 is 0 Å². The molecule has 0 aliphatic heterocycles. The van der Waals surface area contributed by atoms with E-state index >= 15 is 0 Å². The Morgan fingerprint density at radius 1 is 0.929 bits per heavy atom. The molecular formula is C12H26O2. The Kier molecular flexibility index (Phi) is 8.20. The van der Waals surface area contributed by atoms with Crippen molar-refractivity contribution < 1.29 is 10.2 Å². The van der Waals surface area contributed by atoms with Crippen LogP contribution in [0.5, 0.6) is 0 Å². The van der Waals surface area contributed by atoms with Gasteiger partial charge in [-0.1, -0.05) is 46.5 Å². The van der Waals surface area contributed by atoms with Crippen LogP contribution in [0.3, 0.4) is 0 Å². The molecule has 0 saturated heterocycles. The zero-order chi connectivity index (χ0) is 11.0. The molecule has 86 valence electrons. The van der Waals surface area contributed by atoms with Gasteiger partial charge in [-0.15, -0.1) is 0 Å². The summed E-state index contributed by atoms with van der Waals surface area (Å²) in [5.74, 6) is 0.890. The fourth-order valence-corrected chi connectivity index (χ4v) is 1.67. The highest BCUT2D eigenvalue weighted by Crippen LogP contribution is 2.18. The van der Waals surface area contributed by atoms with E-state index < -0.39 is 6.29 Å². The zero-order valence-corrected chi connectivity index (χ0v) is 9.87. The minimum Gasteiger partial charge on any atom is -0.368 e. The van der Waals surface area contributed by atoms with Crippen molar-refractivity contribution in [3.05, 3.63) is 0 Å². The average Bonchev–Trinajstić information content (AvgIpc) is 2.16. The molecule has 0 aromatic heterocycles. The van der Waals surface area contributed by atoms with Crippen molar-refractivity contribution in [2.45, 2.75) is 65.6 Å². The molecule has 2 nitrogen and oxygen atoms in total. The molecule has 0 saturated carbocycles. The highest BCUT2D eigenvalue weighted by atomic mass is 16.5. The average molecular weight is 202 g/mol. The number of unbranched alkanes of at least 4 members (excludes halogenated alkanes) is 1. The molecule has 0 bridgehead atoms. The Bertz CT molecular complexity index is 123. The van der Waals surface area contributed by atoms with E-state index in [0.717, 1.165) is 25.2 Å². The Balaban J connectivity index is 3.42. The van der Waals surface area contributed by atoms with Gasteiger partial charge in [0.2, 0.25) is 0 Å². The second-order valence-electron chi connectivity index (χ2n) is 4.38. The first-order chi connectivity index (χ1) is 6.61. The normalized spacial score (nSPS) is 15.9. The summed E-state index contributed by atoms with van der Waals surface area (Å²) in [6.45, 7) is 6.51. The maximum Gasteiger partial charge on any atom is 0.154 e. The zero-order valence-electron chi connectivity index (χ0n) is 9.87.